The van der Waals surface area contributed by atoms with Gasteiger partial charge in [-0.15, -0.1) is 0 Å². The number of nitrogens with zero attached hydrogens (tertiary/aromatic N) is 3. The lowest BCUT2D eigenvalue weighted by molar-refractivity contribution is 0.200. The SMILES string of the molecule is CC(C)C[C@](C)(N)COc1ccc(-c2ccnn3cc(C4CC4)nc23)cc1F. The van der Waals surface area contributed by atoms with Crippen LogP contribution in [0.25, 0.3) is 16.8 Å². The zero-order chi connectivity index (χ0) is 19.9. The highest BCUT2D eigenvalue weighted by Gasteiger charge is 2.27. The molecule has 0 aliphatic heterocycles. The fourth-order valence-corrected chi connectivity index (χ4v) is 3.74. The van der Waals surface area contributed by atoms with Gasteiger partial charge in [0, 0.05) is 23.2 Å². The van der Waals surface area contributed by atoms with Crippen LogP contribution in [0.5, 0.6) is 5.75 Å². The molecule has 1 aliphatic carbocycles. The fourth-order valence-electron chi connectivity index (χ4n) is 3.74. The standard InChI is InChI=1S/C22H27FN4O/c1-14(2)11-22(3,24)13-28-20-7-6-16(10-18(20)23)17-8-9-25-27-12-19(15-4-5-15)26-21(17)27/h6-10,12,14-15H,4-5,11,13,24H2,1-3H3/t22-/m0/s1. The third kappa shape index (κ3) is 4.02. The van der Waals surface area contributed by atoms with Crippen LogP contribution < -0.4 is 10.5 Å². The lowest BCUT2D eigenvalue weighted by Gasteiger charge is -2.26. The van der Waals surface area contributed by atoms with E-state index in [2.05, 4.69) is 18.9 Å². The minimum Gasteiger partial charge on any atom is -0.489 e. The van der Waals surface area contributed by atoms with Crippen LogP contribution in [0.4, 0.5) is 4.39 Å². The summed E-state index contributed by atoms with van der Waals surface area (Å²) in [5.74, 6) is 0.812. The molecule has 28 heavy (non-hydrogen) atoms. The Balaban J connectivity index is 1.57. The van der Waals surface area contributed by atoms with Gasteiger partial charge in [-0.1, -0.05) is 19.9 Å². The fraction of sp³-hybridized carbons (Fsp3) is 0.455. The van der Waals surface area contributed by atoms with Crippen LogP contribution in [0.15, 0.2) is 36.7 Å². The van der Waals surface area contributed by atoms with Crippen molar-refractivity contribution >= 4 is 5.65 Å². The lowest BCUT2D eigenvalue weighted by atomic mass is 9.93. The summed E-state index contributed by atoms with van der Waals surface area (Å²) in [6, 6.07) is 6.88. The maximum absolute atomic E-state index is 14.7. The van der Waals surface area contributed by atoms with Crippen molar-refractivity contribution in [3.05, 3.63) is 48.2 Å². The van der Waals surface area contributed by atoms with Gasteiger partial charge in [-0.05, 0) is 55.9 Å². The molecule has 5 nitrogen and oxygen atoms in total. The third-order valence-corrected chi connectivity index (χ3v) is 5.05. The van der Waals surface area contributed by atoms with Gasteiger partial charge in [-0.25, -0.2) is 13.9 Å². The van der Waals surface area contributed by atoms with Crippen LogP contribution >= 0.6 is 0 Å². The van der Waals surface area contributed by atoms with E-state index < -0.39 is 11.4 Å². The third-order valence-electron chi connectivity index (χ3n) is 5.05. The van der Waals surface area contributed by atoms with Gasteiger partial charge in [-0.2, -0.15) is 5.10 Å². The minimum atomic E-state index is -0.494. The zero-order valence-corrected chi connectivity index (χ0v) is 16.7. The first kappa shape index (κ1) is 18.9. The lowest BCUT2D eigenvalue weighted by Crippen LogP contribution is -2.43. The summed E-state index contributed by atoms with van der Waals surface area (Å²) < 4.78 is 22.2. The smallest absolute Gasteiger partial charge is 0.165 e. The Morgan fingerprint density at radius 1 is 1.32 bits per heavy atom. The molecule has 2 aromatic heterocycles. The Kier molecular flexibility index (Phi) is 4.83. The van der Waals surface area contributed by atoms with Crippen molar-refractivity contribution in [1.29, 1.82) is 0 Å². The van der Waals surface area contributed by atoms with Crippen LogP contribution in [-0.2, 0) is 0 Å². The number of imidazole rings is 1. The van der Waals surface area contributed by atoms with Crippen LogP contribution in [0.3, 0.4) is 0 Å². The highest BCUT2D eigenvalue weighted by molar-refractivity contribution is 5.77. The van der Waals surface area contributed by atoms with E-state index in [9.17, 15) is 4.39 Å². The molecule has 0 amide bonds. The second kappa shape index (κ2) is 7.17. The molecule has 6 heteroatoms. The largest absolute Gasteiger partial charge is 0.489 e. The molecule has 2 N–H and O–H groups in total. The van der Waals surface area contributed by atoms with Crippen LogP contribution in [0.2, 0.25) is 0 Å². The molecular formula is C22H27FN4O. The molecule has 0 bridgehead atoms. The average Bonchev–Trinajstić information content (AvgIpc) is 3.38. The monoisotopic (exact) mass is 382 g/mol. The summed E-state index contributed by atoms with van der Waals surface area (Å²) in [4.78, 5) is 4.73. The van der Waals surface area contributed by atoms with Crippen LogP contribution in [0.1, 0.15) is 51.6 Å². The Hall–Kier alpha value is -2.47. The summed E-state index contributed by atoms with van der Waals surface area (Å²) in [5.41, 5.74) is 9.20. The molecule has 1 atom stereocenters. The minimum absolute atomic E-state index is 0.219. The Bertz CT molecular complexity index is 991. The summed E-state index contributed by atoms with van der Waals surface area (Å²) >= 11 is 0. The molecule has 148 valence electrons. The molecule has 1 aromatic carbocycles. The molecule has 1 fully saturated rings. The van der Waals surface area contributed by atoms with Gasteiger partial charge >= 0.3 is 0 Å². The van der Waals surface area contributed by atoms with E-state index in [1.807, 2.05) is 25.3 Å². The molecule has 1 aliphatic rings. The first-order valence-corrected chi connectivity index (χ1v) is 9.88. The quantitative estimate of drug-likeness (QED) is 0.651. The van der Waals surface area contributed by atoms with Crippen molar-refractivity contribution < 1.29 is 9.13 Å². The van der Waals surface area contributed by atoms with Gasteiger partial charge in [0.15, 0.2) is 17.2 Å². The Morgan fingerprint density at radius 2 is 2.11 bits per heavy atom. The van der Waals surface area contributed by atoms with E-state index in [0.717, 1.165) is 28.9 Å². The second-order valence-corrected chi connectivity index (χ2v) is 8.64. The van der Waals surface area contributed by atoms with E-state index in [1.165, 1.54) is 18.9 Å². The van der Waals surface area contributed by atoms with Crippen LogP contribution in [-0.4, -0.2) is 26.7 Å². The summed E-state index contributed by atoms with van der Waals surface area (Å²) in [5, 5.41) is 4.34. The summed E-state index contributed by atoms with van der Waals surface area (Å²) in [7, 11) is 0. The molecule has 0 saturated heterocycles. The maximum Gasteiger partial charge on any atom is 0.165 e. The zero-order valence-electron chi connectivity index (χ0n) is 16.7. The van der Waals surface area contributed by atoms with Crippen molar-refractivity contribution in [1.82, 2.24) is 14.6 Å². The number of aromatic nitrogens is 3. The number of rotatable bonds is 7. The second-order valence-electron chi connectivity index (χ2n) is 8.64. The van der Waals surface area contributed by atoms with E-state index in [0.29, 0.717) is 11.8 Å². The van der Waals surface area contributed by atoms with Crippen molar-refractivity contribution in [3.63, 3.8) is 0 Å². The van der Waals surface area contributed by atoms with Crippen LogP contribution in [0, 0.1) is 11.7 Å². The Morgan fingerprint density at radius 3 is 2.79 bits per heavy atom. The molecular weight excluding hydrogens is 355 g/mol. The number of hydrogen-bond acceptors (Lipinski definition) is 4. The summed E-state index contributed by atoms with van der Waals surface area (Å²) in [6.45, 7) is 6.43. The average molecular weight is 382 g/mol. The van der Waals surface area contributed by atoms with E-state index >= 15 is 0 Å². The number of halogens is 1. The molecule has 0 spiro atoms. The Labute approximate surface area is 164 Å². The van der Waals surface area contributed by atoms with E-state index in [1.54, 1.807) is 16.8 Å². The predicted octanol–water partition coefficient (Wildman–Crippen LogP) is 4.56. The van der Waals surface area contributed by atoms with Gasteiger partial charge in [0.2, 0.25) is 0 Å². The van der Waals surface area contributed by atoms with Crippen molar-refractivity contribution in [2.45, 2.75) is 51.5 Å². The first-order valence-electron chi connectivity index (χ1n) is 9.88. The van der Waals surface area contributed by atoms with Gasteiger partial charge in [0.05, 0.1) is 11.9 Å². The van der Waals surface area contributed by atoms with E-state index in [4.69, 9.17) is 15.5 Å². The highest BCUT2D eigenvalue weighted by Crippen LogP contribution is 2.40. The maximum atomic E-state index is 14.7. The van der Waals surface area contributed by atoms with Gasteiger partial charge in [0.1, 0.15) is 6.61 Å². The normalized spacial score (nSPS) is 16.5. The number of ether oxygens (including phenoxy) is 1. The molecule has 1 saturated carbocycles. The number of hydrogen-bond donors (Lipinski definition) is 1. The van der Waals surface area contributed by atoms with Crippen molar-refractivity contribution in [2.24, 2.45) is 11.7 Å². The topological polar surface area (TPSA) is 65.4 Å². The number of nitrogens with two attached hydrogens (primary N) is 1. The molecule has 0 unspecified atom stereocenters. The van der Waals surface area contributed by atoms with Crippen molar-refractivity contribution in [2.75, 3.05) is 6.61 Å². The first-order chi connectivity index (χ1) is 13.3. The van der Waals surface area contributed by atoms with Gasteiger partial charge in [-0.3, -0.25) is 0 Å². The number of benzene rings is 1. The highest BCUT2D eigenvalue weighted by atomic mass is 19.1. The molecule has 4 rings (SSSR count). The molecule has 2 heterocycles. The van der Waals surface area contributed by atoms with Gasteiger partial charge < -0.3 is 10.5 Å². The van der Waals surface area contributed by atoms with Gasteiger partial charge in [0.25, 0.3) is 0 Å². The number of fused-ring (bicyclic) bond motifs is 1. The molecule has 0 radical (unpaired) electrons. The van der Waals surface area contributed by atoms with Crippen molar-refractivity contribution in [3.8, 4) is 16.9 Å². The predicted molar refractivity (Wildman–Crippen MR) is 108 cm³/mol. The molecule has 3 aromatic rings. The summed E-state index contributed by atoms with van der Waals surface area (Å²) in [6.07, 6.45) is 6.86. The van der Waals surface area contributed by atoms with E-state index in [-0.39, 0.29) is 12.4 Å².